The van der Waals surface area contributed by atoms with E-state index in [0.29, 0.717) is 12.2 Å². The summed E-state index contributed by atoms with van der Waals surface area (Å²) < 4.78 is 4.80. The Morgan fingerprint density at radius 1 is 1.33 bits per heavy atom. The SMILES string of the molecule is C=C(C)OC(=O)CCCCCC. The minimum atomic E-state index is -0.154. The van der Waals surface area contributed by atoms with Crippen LogP contribution in [-0.2, 0) is 9.53 Å². The van der Waals surface area contributed by atoms with Gasteiger partial charge in [-0.3, -0.25) is 4.79 Å². The number of unbranched alkanes of at least 4 members (excludes halogenated alkanes) is 3. The van der Waals surface area contributed by atoms with E-state index in [-0.39, 0.29) is 5.97 Å². The summed E-state index contributed by atoms with van der Waals surface area (Å²) in [5, 5.41) is 0. The van der Waals surface area contributed by atoms with Gasteiger partial charge in [-0.05, 0) is 13.3 Å². The van der Waals surface area contributed by atoms with Crippen LogP contribution in [0.1, 0.15) is 46.0 Å². The van der Waals surface area contributed by atoms with Gasteiger partial charge in [-0.2, -0.15) is 0 Å². The fraction of sp³-hybridized carbons (Fsp3) is 0.700. The predicted octanol–water partition coefficient (Wildman–Crippen LogP) is 3.03. The van der Waals surface area contributed by atoms with Gasteiger partial charge in [0.15, 0.2) is 0 Å². The molecule has 70 valence electrons. The van der Waals surface area contributed by atoms with E-state index in [4.69, 9.17) is 4.74 Å². The summed E-state index contributed by atoms with van der Waals surface area (Å²) >= 11 is 0. The van der Waals surface area contributed by atoms with Crippen LogP contribution in [0, 0.1) is 0 Å². The lowest BCUT2D eigenvalue weighted by atomic mass is 10.2. The number of carbonyl (C=O) groups is 1. The molecule has 0 fully saturated rings. The van der Waals surface area contributed by atoms with Gasteiger partial charge in [0.2, 0.25) is 0 Å². The van der Waals surface area contributed by atoms with Crippen LogP contribution >= 0.6 is 0 Å². The fourth-order valence-electron chi connectivity index (χ4n) is 0.941. The molecule has 0 saturated carbocycles. The highest BCUT2D eigenvalue weighted by Crippen LogP contribution is 2.04. The summed E-state index contributed by atoms with van der Waals surface area (Å²) in [6.07, 6.45) is 4.95. The maximum atomic E-state index is 10.9. The smallest absolute Gasteiger partial charge is 0.310 e. The minimum absolute atomic E-state index is 0.154. The van der Waals surface area contributed by atoms with Crippen LogP contribution in [0.5, 0.6) is 0 Å². The average molecular weight is 170 g/mol. The summed E-state index contributed by atoms with van der Waals surface area (Å²) in [4.78, 5) is 10.9. The van der Waals surface area contributed by atoms with Gasteiger partial charge < -0.3 is 4.74 Å². The Morgan fingerprint density at radius 2 is 2.00 bits per heavy atom. The highest BCUT2D eigenvalue weighted by molar-refractivity contribution is 5.70. The van der Waals surface area contributed by atoms with Gasteiger partial charge in [0.1, 0.15) is 0 Å². The zero-order valence-electron chi connectivity index (χ0n) is 8.06. The van der Waals surface area contributed by atoms with Crippen molar-refractivity contribution in [3.8, 4) is 0 Å². The number of carbonyl (C=O) groups excluding carboxylic acids is 1. The van der Waals surface area contributed by atoms with Crippen molar-refractivity contribution in [2.24, 2.45) is 0 Å². The molecule has 0 rings (SSSR count). The lowest BCUT2D eigenvalue weighted by Gasteiger charge is -2.01. The minimum Gasteiger partial charge on any atom is -0.432 e. The molecule has 0 aromatic rings. The Labute approximate surface area is 74.6 Å². The second-order valence-corrected chi connectivity index (χ2v) is 2.99. The highest BCUT2D eigenvalue weighted by Gasteiger charge is 2.01. The third-order valence-corrected chi connectivity index (χ3v) is 1.52. The van der Waals surface area contributed by atoms with Crippen molar-refractivity contribution in [1.82, 2.24) is 0 Å². The van der Waals surface area contributed by atoms with Gasteiger partial charge >= 0.3 is 5.97 Å². The van der Waals surface area contributed by atoms with E-state index in [1.165, 1.54) is 12.8 Å². The van der Waals surface area contributed by atoms with Crippen molar-refractivity contribution in [2.45, 2.75) is 46.0 Å². The standard InChI is InChI=1S/C10H18O2/c1-4-5-6-7-8-10(11)12-9(2)3/h2,4-8H2,1,3H3. The zero-order chi connectivity index (χ0) is 9.40. The van der Waals surface area contributed by atoms with Crippen molar-refractivity contribution < 1.29 is 9.53 Å². The topological polar surface area (TPSA) is 26.3 Å². The molecule has 0 atom stereocenters. The first-order chi connectivity index (χ1) is 5.66. The summed E-state index contributed by atoms with van der Waals surface area (Å²) in [5.41, 5.74) is 0. The Morgan fingerprint density at radius 3 is 2.50 bits per heavy atom. The maximum Gasteiger partial charge on any atom is 0.310 e. The molecule has 2 nitrogen and oxygen atoms in total. The average Bonchev–Trinajstić information content (AvgIpc) is 1.97. The Bertz CT molecular complexity index is 150. The molecule has 0 aromatic heterocycles. The molecule has 0 aliphatic rings. The Hall–Kier alpha value is -0.790. The van der Waals surface area contributed by atoms with Crippen molar-refractivity contribution in [3.63, 3.8) is 0 Å². The van der Waals surface area contributed by atoms with Crippen molar-refractivity contribution in [2.75, 3.05) is 0 Å². The van der Waals surface area contributed by atoms with Crippen molar-refractivity contribution in [1.29, 1.82) is 0 Å². The molecule has 0 aromatic carbocycles. The Balaban J connectivity index is 3.26. The van der Waals surface area contributed by atoms with Crippen LogP contribution in [0.15, 0.2) is 12.3 Å². The summed E-state index contributed by atoms with van der Waals surface area (Å²) in [7, 11) is 0. The third kappa shape index (κ3) is 7.32. The van der Waals surface area contributed by atoms with Crippen LogP contribution in [0.4, 0.5) is 0 Å². The maximum absolute atomic E-state index is 10.9. The second kappa shape index (κ2) is 6.89. The van der Waals surface area contributed by atoms with Gasteiger partial charge in [-0.25, -0.2) is 0 Å². The fourth-order valence-corrected chi connectivity index (χ4v) is 0.941. The molecule has 0 heterocycles. The van der Waals surface area contributed by atoms with Gasteiger partial charge in [0.25, 0.3) is 0 Å². The van der Waals surface area contributed by atoms with E-state index in [1.54, 1.807) is 6.92 Å². The number of rotatable bonds is 6. The van der Waals surface area contributed by atoms with Crippen LogP contribution in [0.3, 0.4) is 0 Å². The van der Waals surface area contributed by atoms with E-state index in [2.05, 4.69) is 13.5 Å². The van der Waals surface area contributed by atoms with Crippen LogP contribution in [0.2, 0.25) is 0 Å². The lowest BCUT2D eigenvalue weighted by molar-refractivity contribution is -0.139. The number of hydrogen-bond acceptors (Lipinski definition) is 2. The van der Waals surface area contributed by atoms with Gasteiger partial charge in [-0.1, -0.05) is 32.8 Å². The quantitative estimate of drug-likeness (QED) is 0.348. The first-order valence-corrected chi connectivity index (χ1v) is 4.53. The van der Waals surface area contributed by atoms with E-state index < -0.39 is 0 Å². The van der Waals surface area contributed by atoms with Crippen LogP contribution in [-0.4, -0.2) is 5.97 Å². The summed E-state index contributed by atoms with van der Waals surface area (Å²) in [6.45, 7) is 7.33. The summed E-state index contributed by atoms with van der Waals surface area (Å²) in [5.74, 6) is 0.328. The molecule has 0 saturated heterocycles. The second-order valence-electron chi connectivity index (χ2n) is 2.99. The third-order valence-electron chi connectivity index (χ3n) is 1.52. The molecule has 0 bridgehead atoms. The molecular formula is C10H18O2. The number of hydrogen-bond donors (Lipinski definition) is 0. The van der Waals surface area contributed by atoms with E-state index >= 15 is 0 Å². The number of esters is 1. The zero-order valence-corrected chi connectivity index (χ0v) is 8.06. The van der Waals surface area contributed by atoms with E-state index in [1.807, 2.05) is 0 Å². The molecule has 0 aliphatic carbocycles. The Kier molecular flexibility index (Phi) is 6.44. The molecule has 0 aliphatic heterocycles. The monoisotopic (exact) mass is 170 g/mol. The molecule has 0 radical (unpaired) electrons. The number of ether oxygens (including phenoxy) is 1. The molecule has 0 spiro atoms. The van der Waals surface area contributed by atoms with Gasteiger partial charge in [0, 0.05) is 6.42 Å². The highest BCUT2D eigenvalue weighted by atomic mass is 16.5. The molecule has 2 heteroatoms. The van der Waals surface area contributed by atoms with E-state index in [9.17, 15) is 4.79 Å². The lowest BCUT2D eigenvalue weighted by Crippen LogP contribution is -2.01. The van der Waals surface area contributed by atoms with Crippen LogP contribution in [0.25, 0.3) is 0 Å². The van der Waals surface area contributed by atoms with Crippen LogP contribution < -0.4 is 0 Å². The first kappa shape index (κ1) is 11.2. The van der Waals surface area contributed by atoms with E-state index in [0.717, 1.165) is 12.8 Å². The molecule has 0 amide bonds. The largest absolute Gasteiger partial charge is 0.432 e. The first-order valence-electron chi connectivity index (χ1n) is 4.53. The number of allylic oxidation sites excluding steroid dienone is 1. The summed E-state index contributed by atoms with van der Waals surface area (Å²) in [6, 6.07) is 0. The molecule has 0 N–H and O–H groups in total. The van der Waals surface area contributed by atoms with Gasteiger partial charge in [0.05, 0.1) is 5.76 Å². The van der Waals surface area contributed by atoms with Crippen molar-refractivity contribution >= 4 is 5.97 Å². The predicted molar refractivity (Wildman–Crippen MR) is 49.7 cm³/mol. The molecular weight excluding hydrogens is 152 g/mol. The normalized spacial score (nSPS) is 9.50. The van der Waals surface area contributed by atoms with Gasteiger partial charge in [-0.15, -0.1) is 0 Å². The van der Waals surface area contributed by atoms with Crippen molar-refractivity contribution in [3.05, 3.63) is 12.3 Å². The molecule has 12 heavy (non-hydrogen) atoms. The molecule has 0 unspecified atom stereocenters.